The zero-order chi connectivity index (χ0) is 12.8. The average Bonchev–Trinajstić information content (AvgIpc) is 2.90. The van der Waals surface area contributed by atoms with Crippen molar-refractivity contribution >= 4 is 11.7 Å². The summed E-state index contributed by atoms with van der Waals surface area (Å²) < 4.78 is 0. The summed E-state index contributed by atoms with van der Waals surface area (Å²) in [6.45, 7) is 4.10. The number of carbonyl (C=O) groups excluding carboxylic acids is 1. The Morgan fingerprint density at radius 2 is 1.94 bits per heavy atom. The van der Waals surface area contributed by atoms with E-state index in [1.165, 1.54) is 25.9 Å². The summed E-state index contributed by atoms with van der Waals surface area (Å²) >= 11 is 0. The number of urea groups is 1. The molecule has 1 aromatic rings. The first-order valence-corrected chi connectivity index (χ1v) is 6.55. The fraction of sp³-hybridized carbons (Fsp3) is 0.500. The van der Waals surface area contributed by atoms with Crippen LogP contribution in [0.15, 0.2) is 30.3 Å². The lowest BCUT2D eigenvalue weighted by Gasteiger charge is -2.21. The summed E-state index contributed by atoms with van der Waals surface area (Å²) in [6.07, 6.45) is 2.58. The summed E-state index contributed by atoms with van der Waals surface area (Å²) in [5.41, 5.74) is 0.843. The molecule has 1 saturated heterocycles. The second kappa shape index (κ2) is 6.40. The maximum absolute atomic E-state index is 11.9. The molecule has 2 rings (SSSR count). The maximum atomic E-state index is 11.9. The molecule has 0 radical (unpaired) electrons. The van der Waals surface area contributed by atoms with Crippen LogP contribution in [0.2, 0.25) is 0 Å². The minimum Gasteiger partial charge on any atom is -0.326 e. The first-order chi connectivity index (χ1) is 8.75. The average molecular weight is 247 g/mol. The van der Waals surface area contributed by atoms with Gasteiger partial charge in [-0.05, 0) is 38.1 Å². The Morgan fingerprint density at radius 1 is 1.28 bits per heavy atom. The monoisotopic (exact) mass is 247 g/mol. The van der Waals surface area contributed by atoms with Gasteiger partial charge in [-0.2, -0.15) is 0 Å². The second-order valence-electron chi connectivity index (χ2n) is 4.77. The SMILES string of the molecule is CN(CCN1CCCC1)C(=O)Nc1ccccc1. The number of para-hydroxylation sites is 1. The van der Waals surface area contributed by atoms with Crippen LogP contribution in [0.4, 0.5) is 10.5 Å². The fourth-order valence-corrected chi connectivity index (χ4v) is 2.14. The third kappa shape index (κ3) is 3.74. The Balaban J connectivity index is 1.74. The van der Waals surface area contributed by atoms with E-state index in [9.17, 15) is 4.79 Å². The summed E-state index contributed by atoms with van der Waals surface area (Å²) in [5.74, 6) is 0. The normalized spacial score (nSPS) is 15.6. The van der Waals surface area contributed by atoms with Crippen molar-refractivity contribution in [3.05, 3.63) is 30.3 Å². The highest BCUT2D eigenvalue weighted by Gasteiger charge is 2.14. The van der Waals surface area contributed by atoms with Crippen molar-refractivity contribution < 1.29 is 4.79 Å². The van der Waals surface area contributed by atoms with Crippen LogP contribution in [0.3, 0.4) is 0 Å². The molecule has 2 amide bonds. The molecule has 0 spiro atoms. The first-order valence-electron chi connectivity index (χ1n) is 6.55. The predicted molar refractivity (Wildman–Crippen MR) is 73.8 cm³/mol. The fourth-order valence-electron chi connectivity index (χ4n) is 2.14. The van der Waals surface area contributed by atoms with Gasteiger partial charge in [0.1, 0.15) is 0 Å². The van der Waals surface area contributed by atoms with E-state index in [-0.39, 0.29) is 6.03 Å². The molecule has 1 aromatic carbocycles. The van der Waals surface area contributed by atoms with Crippen LogP contribution >= 0.6 is 0 Å². The molecule has 18 heavy (non-hydrogen) atoms. The Hall–Kier alpha value is -1.55. The van der Waals surface area contributed by atoms with Gasteiger partial charge in [0, 0.05) is 25.8 Å². The predicted octanol–water partition coefficient (Wildman–Crippen LogP) is 2.25. The van der Waals surface area contributed by atoms with Crippen molar-refractivity contribution in [1.29, 1.82) is 0 Å². The van der Waals surface area contributed by atoms with Gasteiger partial charge in [0.15, 0.2) is 0 Å². The molecule has 0 saturated carbocycles. The van der Waals surface area contributed by atoms with Crippen molar-refractivity contribution in [3.8, 4) is 0 Å². The van der Waals surface area contributed by atoms with Crippen LogP contribution in [0.1, 0.15) is 12.8 Å². The molecule has 0 unspecified atom stereocenters. The number of anilines is 1. The van der Waals surface area contributed by atoms with Gasteiger partial charge >= 0.3 is 6.03 Å². The van der Waals surface area contributed by atoms with E-state index in [0.29, 0.717) is 0 Å². The number of likely N-dealkylation sites (tertiary alicyclic amines) is 1. The Morgan fingerprint density at radius 3 is 2.61 bits per heavy atom. The Labute approximate surface area is 109 Å². The Bertz CT molecular complexity index is 374. The third-order valence-corrected chi connectivity index (χ3v) is 3.32. The van der Waals surface area contributed by atoms with Gasteiger partial charge < -0.3 is 15.1 Å². The molecule has 0 bridgehead atoms. The summed E-state index contributed by atoms with van der Waals surface area (Å²) in [6, 6.07) is 9.52. The van der Waals surface area contributed by atoms with E-state index >= 15 is 0 Å². The largest absolute Gasteiger partial charge is 0.326 e. The number of likely N-dealkylation sites (N-methyl/N-ethyl adjacent to an activating group) is 1. The van der Waals surface area contributed by atoms with Crippen molar-refractivity contribution in [2.75, 3.05) is 38.5 Å². The zero-order valence-electron chi connectivity index (χ0n) is 10.9. The van der Waals surface area contributed by atoms with Gasteiger partial charge in [0.05, 0.1) is 0 Å². The highest BCUT2D eigenvalue weighted by Crippen LogP contribution is 2.08. The topological polar surface area (TPSA) is 35.6 Å². The molecule has 1 aliphatic heterocycles. The van der Waals surface area contributed by atoms with Gasteiger partial charge in [-0.15, -0.1) is 0 Å². The quantitative estimate of drug-likeness (QED) is 0.885. The van der Waals surface area contributed by atoms with Gasteiger partial charge in [0.25, 0.3) is 0 Å². The molecule has 98 valence electrons. The second-order valence-corrected chi connectivity index (χ2v) is 4.77. The molecule has 1 N–H and O–H groups in total. The number of hydrogen-bond donors (Lipinski definition) is 1. The molecule has 1 fully saturated rings. The van der Waals surface area contributed by atoms with Crippen LogP contribution < -0.4 is 5.32 Å². The zero-order valence-corrected chi connectivity index (χ0v) is 10.9. The van der Waals surface area contributed by atoms with E-state index in [2.05, 4.69) is 10.2 Å². The van der Waals surface area contributed by atoms with Crippen molar-refractivity contribution in [2.24, 2.45) is 0 Å². The van der Waals surface area contributed by atoms with E-state index in [1.807, 2.05) is 37.4 Å². The number of nitrogens with one attached hydrogen (secondary N) is 1. The van der Waals surface area contributed by atoms with E-state index in [0.717, 1.165) is 18.8 Å². The molecule has 1 heterocycles. The van der Waals surface area contributed by atoms with Gasteiger partial charge in [-0.25, -0.2) is 4.79 Å². The lowest BCUT2D eigenvalue weighted by atomic mass is 10.3. The van der Waals surface area contributed by atoms with E-state index < -0.39 is 0 Å². The molecular weight excluding hydrogens is 226 g/mol. The highest BCUT2D eigenvalue weighted by molar-refractivity contribution is 5.89. The number of hydrogen-bond acceptors (Lipinski definition) is 2. The molecule has 0 aromatic heterocycles. The van der Waals surface area contributed by atoms with Gasteiger partial charge in [-0.3, -0.25) is 0 Å². The van der Waals surface area contributed by atoms with Crippen LogP contribution in [-0.4, -0.2) is 49.1 Å². The number of benzene rings is 1. The maximum Gasteiger partial charge on any atom is 0.321 e. The molecular formula is C14H21N3O. The number of carbonyl (C=O) groups is 1. The standard InChI is InChI=1S/C14H21N3O/c1-16(11-12-17-9-5-6-10-17)14(18)15-13-7-3-2-4-8-13/h2-4,7-8H,5-6,9-12H2,1H3,(H,15,18). The van der Waals surface area contributed by atoms with Gasteiger partial charge in [-0.1, -0.05) is 18.2 Å². The van der Waals surface area contributed by atoms with Crippen LogP contribution in [0.5, 0.6) is 0 Å². The van der Waals surface area contributed by atoms with Crippen LogP contribution in [-0.2, 0) is 0 Å². The molecule has 4 heteroatoms. The smallest absolute Gasteiger partial charge is 0.321 e. The van der Waals surface area contributed by atoms with Crippen molar-refractivity contribution in [2.45, 2.75) is 12.8 Å². The van der Waals surface area contributed by atoms with E-state index in [4.69, 9.17) is 0 Å². The minimum absolute atomic E-state index is 0.0413. The molecule has 0 atom stereocenters. The summed E-state index contributed by atoms with van der Waals surface area (Å²) in [4.78, 5) is 16.1. The first kappa shape index (κ1) is 12.9. The van der Waals surface area contributed by atoms with Crippen molar-refractivity contribution in [3.63, 3.8) is 0 Å². The van der Waals surface area contributed by atoms with E-state index in [1.54, 1.807) is 4.90 Å². The van der Waals surface area contributed by atoms with Gasteiger partial charge in [0.2, 0.25) is 0 Å². The van der Waals surface area contributed by atoms with Crippen molar-refractivity contribution in [1.82, 2.24) is 9.80 Å². The summed E-state index contributed by atoms with van der Waals surface area (Å²) in [5, 5.41) is 2.89. The minimum atomic E-state index is -0.0413. The number of amides is 2. The third-order valence-electron chi connectivity index (χ3n) is 3.32. The van der Waals surface area contributed by atoms with Crippen LogP contribution in [0, 0.1) is 0 Å². The molecule has 4 nitrogen and oxygen atoms in total. The van der Waals surface area contributed by atoms with Crippen LogP contribution in [0.25, 0.3) is 0 Å². The Kier molecular flexibility index (Phi) is 4.59. The number of rotatable bonds is 4. The number of nitrogens with zero attached hydrogens (tertiary/aromatic N) is 2. The molecule has 0 aliphatic carbocycles. The molecule has 1 aliphatic rings. The summed E-state index contributed by atoms with van der Waals surface area (Å²) in [7, 11) is 1.84. The highest BCUT2D eigenvalue weighted by atomic mass is 16.2. The lowest BCUT2D eigenvalue weighted by Crippen LogP contribution is -2.37. The lowest BCUT2D eigenvalue weighted by molar-refractivity contribution is 0.213.